The zero-order valence-electron chi connectivity index (χ0n) is 10.4. The summed E-state index contributed by atoms with van der Waals surface area (Å²) in [6.07, 6.45) is -0.671. The number of hydrogen-bond acceptors (Lipinski definition) is 7. The molecule has 1 aromatic carbocycles. The first-order valence-corrected chi connectivity index (χ1v) is 6.74. The van der Waals surface area contributed by atoms with Crippen molar-refractivity contribution in [3.63, 3.8) is 0 Å². The van der Waals surface area contributed by atoms with E-state index in [0.717, 1.165) is 5.56 Å². The highest BCUT2D eigenvalue weighted by atomic mass is 32.1. The molecular weight excluding hydrogens is 280 g/mol. The fourth-order valence-corrected chi connectivity index (χ4v) is 2.41. The molecule has 0 saturated heterocycles. The Balaban J connectivity index is 2.09. The van der Waals surface area contributed by atoms with Gasteiger partial charge in [0.25, 0.3) is 5.69 Å². The molecule has 0 radical (unpaired) electrons. The van der Waals surface area contributed by atoms with E-state index in [1.165, 1.54) is 23.5 Å². The molecule has 0 fully saturated rings. The van der Waals surface area contributed by atoms with Gasteiger partial charge in [-0.3, -0.25) is 16.0 Å². The largest absolute Gasteiger partial charge is 0.387 e. The van der Waals surface area contributed by atoms with Crippen molar-refractivity contribution in [3.8, 4) is 0 Å². The lowest BCUT2D eigenvalue weighted by Gasteiger charge is -2.12. The Morgan fingerprint density at radius 2 is 2.15 bits per heavy atom. The summed E-state index contributed by atoms with van der Waals surface area (Å²) in [5, 5.41) is 27.4. The van der Waals surface area contributed by atoms with Crippen molar-refractivity contribution in [2.75, 3.05) is 17.3 Å². The van der Waals surface area contributed by atoms with Gasteiger partial charge in [-0.1, -0.05) is 0 Å². The minimum Gasteiger partial charge on any atom is -0.387 e. The maximum absolute atomic E-state index is 10.8. The van der Waals surface area contributed by atoms with E-state index in [4.69, 9.17) is 5.84 Å². The number of anilines is 2. The molecule has 2 rings (SSSR count). The number of aliphatic hydroxyl groups excluding tert-OH is 1. The van der Waals surface area contributed by atoms with Crippen LogP contribution in [0.25, 0.3) is 0 Å². The molecule has 0 amide bonds. The van der Waals surface area contributed by atoms with Gasteiger partial charge in [-0.25, -0.2) is 0 Å². The molecule has 1 unspecified atom stereocenters. The fourth-order valence-electron chi connectivity index (χ4n) is 1.70. The van der Waals surface area contributed by atoms with Crippen LogP contribution in [0.1, 0.15) is 11.7 Å². The third kappa shape index (κ3) is 3.44. The first-order valence-electron chi connectivity index (χ1n) is 5.80. The number of hydrogen-bond donors (Lipinski definition) is 4. The molecule has 1 heterocycles. The SMILES string of the molecule is NNc1cc(NCC(O)c2ccsc2)cc([N+](=O)[O-])c1. The average Bonchev–Trinajstić information content (AvgIpc) is 2.98. The van der Waals surface area contributed by atoms with Crippen LogP contribution in [-0.2, 0) is 0 Å². The normalized spacial score (nSPS) is 11.9. The predicted molar refractivity (Wildman–Crippen MR) is 78.7 cm³/mol. The number of nitrogens with zero attached hydrogens (tertiary/aromatic N) is 1. The van der Waals surface area contributed by atoms with Crippen LogP contribution in [0, 0.1) is 10.1 Å². The molecule has 1 atom stereocenters. The molecule has 0 aliphatic rings. The summed E-state index contributed by atoms with van der Waals surface area (Å²) in [7, 11) is 0. The van der Waals surface area contributed by atoms with Crippen LogP contribution in [-0.4, -0.2) is 16.6 Å². The standard InChI is InChI=1S/C12H14N4O3S/c13-15-10-3-9(4-11(5-10)16(18)19)14-6-12(17)8-1-2-20-7-8/h1-5,7,12,14-15,17H,6,13H2. The van der Waals surface area contributed by atoms with E-state index in [1.54, 1.807) is 6.07 Å². The monoisotopic (exact) mass is 294 g/mol. The molecule has 0 aliphatic heterocycles. The van der Waals surface area contributed by atoms with Crippen LogP contribution in [0.4, 0.5) is 17.1 Å². The van der Waals surface area contributed by atoms with Crippen LogP contribution in [0.15, 0.2) is 35.0 Å². The number of rotatable bonds is 6. The lowest BCUT2D eigenvalue weighted by Crippen LogP contribution is -2.12. The Hall–Kier alpha value is -2.16. The van der Waals surface area contributed by atoms with E-state index < -0.39 is 11.0 Å². The molecule has 1 aromatic heterocycles. The van der Waals surface area contributed by atoms with Gasteiger partial charge in [0.15, 0.2) is 0 Å². The number of thiophene rings is 1. The van der Waals surface area contributed by atoms with Gasteiger partial charge in [0.05, 0.1) is 16.7 Å². The molecule has 5 N–H and O–H groups in total. The molecule has 0 aliphatic carbocycles. The first kappa shape index (κ1) is 14.3. The van der Waals surface area contributed by atoms with Crippen molar-refractivity contribution < 1.29 is 10.0 Å². The summed E-state index contributed by atoms with van der Waals surface area (Å²) in [6, 6.07) is 6.19. The lowest BCUT2D eigenvalue weighted by molar-refractivity contribution is -0.384. The molecule has 0 saturated carbocycles. The quantitative estimate of drug-likeness (QED) is 0.368. The number of non-ortho nitro benzene ring substituents is 1. The van der Waals surface area contributed by atoms with E-state index in [1.807, 2.05) is 16.8 Å². The summed E-state index contributed by atoms with van der Waals surface area (Å²) < 4.78 is 0. The Bertz CT molecular complexity index is 588. The number of aliphatic hydroxyl groups is 1. The van der Waals surface area contributed by atoms with Crippen molar-refractivity contribution in [3.05, 3.63) is 50.7 Å². The molecule has 7 nitrogen and oxygen atoms in total. The zero-order valence-corrected chi connectivity index (χ0v) is 11.3. The minimum absolute atomic E-state index is 0.0760. The predicted octanol–water partition coefficient (Wildman–Crippen LogP) is 2.09. The maximum atomic E-state index is 10.8. The second kappa shape index (κ2) is 6.33. The number of nitro groups is 1. The highest BCUT2D eigenvalue weighted by Crippen LogP contribution is 2.24. The van der Waals surface area contributed by atoms with Gasteiger partial charge in [0.1, 0.15) is 0 Å². The van der Waals surface area contributed by atoms with Gasteiger partial charge in [-0.15, -0.1) is 0 Å². The van der Waals surface area contributed by atoms with Crippen molar-refractivity contribution in [2.45, 2.75) is 6.10 Å². The zero-order chi connectivity index (χ0) is 14.5. The molecule has 106 valence electrons. The fraction of sp³-hybridized carbons (Fsp3) is 0.167. The van der Waals surface area contributed by atoms with Crippen LogP contribution in [0.2, 0.25) is 0 Å². The number of nitrogens with two attached hydrogens (primary N) is 1. The molecule has 0 bridgehead atoms. The Kier molecular flexibility index (Phi) is 4.51. The van der Waals surface area contributed by atoms with E-state index >= 15 is 0 Å². The van der Waals surface area contributed by atoms with Crippen LogP contribution >= 0.6 is 11.3 Å². The average molecular weight is 294 g/mol. The van der Waals surface area contributed by atoms with Gasteiger partial charge in [-0.05, 0) is 28.5 Å². The topological polar surface area (TPSA) is 113 Å². The summed E-state index contributed by atoms with van der Waals surface area (Å²) in [4.78, 5) is 10.3. The first-order chi connectivity index (χ1) is 9.60. The summed E-state index contributed by atoms with van der Waals surface area (Å²) in [5.74, 6) is 5.27. The van der Waals surface area contributed by atoms with E-state index in [-0.39, 0.29) is 12.2 Å². The Morgan fingerprint density at radius 1 is 1.40 bits per heavy atom. The molecule has 0 spiro atoms. The minimum atomic E-state index is -0.671. The number of nitro benzene ring substituents is 1. The van der Waals surface area contributed by atoms with Crippen molar-refractivity contribution >= 4 is 28.4 Å². The second-order valence-electron chi connectivity index (χ2n) is 4.12. The van der Waals surface area contributed by atoms with E-state index in [9.17, 15) is 15.2 Å². The number of benzene rings is 1. The van der Waals surface area contributed by atoms with Crippen LogP contribution < -0.4 is 16.6 Å². The second-order valence-corrected chi connectivity index (χ2v) is 4.90. The number of hydrazine groups is 1. The molecule has 8 heteroatoms. The third-order valence-corrected chi connectivity index (χ3v) is 3.42. The van der Waals surface area contributed by atoms with E-state index in [2.05, 4.69) is 10.7 Å². The van der Waals surface area contributed by atoms with Crippen LogP contribution in [0.5, 0.6) is 0 Å². The molecular formula is C12H14N4O3S. The van der Waals surface area contributed by atoms with Crippen LogP contribution in [0.3, 0.4) is 0 Å². The molecule has 20 heavy (non-hydrogen) atoms. The van der Waals surface area contributed by atoms with E-state index in [0.29, 0.717) is 11.4 Å². The van der Waals surface area contributed by atoms with Gasteiger partial charge >= 0.3 is 0 Å². The Morgan fingerprint density at radius 3 is 2.75 bits per heavy atom. The summed E-state index contributed by atoms with van der Waals surface area (Å²) >= 11 is 1.50. The van der Waals surface area contributed by atoms with Crippen molar-refractivity contribution in [1.29, 1.82) is 0 Å². The molecule has 2 aromatic rings. The van der Waals surface area contributed by atoms with Crippen molar-refractivity contribution in [1.82, 2.24) is 0 Å². The highest BCUT2D eigenvalue weighted by molar-refractivity contribution is 7.07. The summed E-state index contributed by atoms with van der Waals surface area (Å²) in [6.45, 7) is 0.252. The van der Waals surface area contributed by atoms with Gasteiger partial charge in [0, 0.05) is 24.4 Å². The lowest BCUT2D eigenvalue weighted by atomic mass is 10.2. The number of nitrogen functional groups attached to an aromatic ring is 1. The number of nitrogens with one attached hydrogen (secondary N) is 2. The third-order valence-electron chi connectivity index (χ3n) is 2.72. The Labute approximate surface area is 119 Å². The van der Waals surface area contributed by atoms with Gasteiger partial charge in [0.2, 0.25) is 0 Å². The smallest absolute Gasteiger partial charge is 0.273 e. The highest BCUT2D eigenvalue weighted by Gasteiger charge is 2.11. The van der Waals surface area contributed by atoms with Gasteiger partial charge < -0.3 is 15.8 Å². The van der Waals surface area contributed by atoms with Gasteiger partial charge in [-0.2, -0.15) is 11.3 Å². The summed E-state index contributed by atoms with van der Waals surface area (Å²) in [5.41, 5.74) is 4.04. The van der Waals surface area contributed by atoms with Crippen molar-refractivity contribution in [2.24, 2.45) is 5.84 Å². The maximum Gasteiger partial charge on any atom is 0.273 e.